The van der Waals surface area contributed by atoms with Crippen LogP contribution < -0.4 is 5.43 Å². The first-order valence-corrected chi connectivity index (χ1v) is 8.23. The number of amides is 1. The monoisotopic (exact) mass is 344 g/mol. The molecule has 3 rings (SSSR count). The van der Waals surface area contributed by atoms with Crippen molar-refractivity contribution in [2.75, 3.05) is 5.75 Å². The molecule has 0 atom stereocenters. The van der Waals surface area contributed by atoms with E-state index in [1.807, 2.05) is 42.5 Å². The summed E-state index contributed by atoms with van der Waals surface area (Å²) in [4.78, 5) is 19.3. The Kier molecular flexibility index (Phi) is 4.95. The first kappa shape index (κ1) is 15.6. The Morgan fingerprint density at radius 3 is 2.87 bits per heavy atom. The zero-order valence-electron chi connectivity index (χ0n) is 12.0. The summed E-state index contributed by atoms with van der Waals surface area (Å²) >= 11 is 7.32. The number of hydrogen-bond donors (Lipinski definition) is 2. The lowest BCUT2D eigenvalue weighted by atomic mass is 10.2. The van der Waals surface area contributed by atoms with Gasteiger partial charge in [0, 0.05) is 10.6 Å². The molecule has 1 amide bonds. The average molecular weight is 345 g/mol. The molecule has 2 aromatic carbocycles. The molecule has 0 fully saturated rings. The molecule has 1 heterocycles. The fourth-order valence-corrected chi connectivity index (χ4v) is 2.78. The smallest absolute Gasteiger partial charge is 0.250 e. The second-order valence-electron chi connectivity index (χ2n) is 4.66. The fraction of sp³-hybridized carbons (Fsp3) is 0.0625. The predicted molar refractivity (Wildman–Crippen MR) is 94.0 cm³/mol. The third-order valence-corrected chi connectivity index (χ3v) is 4.22. The Labute approximate surface area is 142 Å². The Balaban J connectivity index is 1.52. The Bertz CT molecular complexity index is 829. The summed E-state index contributed by atoms with van der Waals surface area (Å²) in [6, 6.07) is 15.0. The molecular formula is C16H13ClN4OS. The van der Waals surface area contributed by atoms with Crippen LogP contribution >= 0.6 is 23.4 Å². The minimum Gasteiger partial charge on any atom is -0.333 e. The number of carbonyl (C=O) groups is 1. The van der Waals surface area contributed by atoms with Crippen molar-refractivity contribution < 1.29 is 4.79 Å². The van der Waals surface area contributed by atoms with Crippen LogP contribution in [0, 0.1) is 0 Å². The molecule has 0 saturated carbocycles. The van der Waals surface area contributed by atoms with E-state index < -0.39 is 0 Å². The maximum absolute atomic E-state index is 11.8. The van der Waals surface area contributed by atoms with Gasteiger partial charge in [0.25, 0.3) is 5.91 Å². The number of carbonyl (C=O) groups excluding carboxylic acids is 1. The van der Waals surface area contributed by atoms with Gasteiger partial charge in [0.2, 0.25) is 0 Å². The molecule has 0 aliphatic rings. The predicted octanol–water partition coefficient (Wildman–Crippen LogP) is 3.46. The number of thioether (sulfide) groups is 1. The number of aromatic nitrogens is 2. The minimum absolute atomic E-state index is 0.209. The Morgan fingerprint density at radius 2 is 2.04 bits per heavy atom. The molecule has 0 aliphatic carbocycles. The molecule has 0 unspecified atom stereocenters. The molecule has 0 saturated heterocycles. The van der Waals surface area contributed by atoms with E-state index in [9.17, 15) is 4.79 Å². The van der Waals surface area contributed by atoms with Crippen molar-refractivity contribution in [1.29, 1.82) is 0 Å². The van der Waals surface area contributed by atoms with Gasteiger partial charge in [0.1, 0.15) is 0 Å². The first-order chi connectivity index (χ1) is 11.2. The van der Waals surface area contributed by atoms with E-state index in [1.165, 1.54) is 18.0 Å². The molecule has 5 nitrogen and oxygen atoms in total. The lowest BCUT2D eigenvalue weighted by Gasteiger charge is -1.99. The van der Waals surface area contributed by atoms with Gasteiger partial charge < -0.3 is 4.98 Å². The number of rotatable bonds is 5. The highest BCUT2D eigenvalue weighted by molar-refractivity contribution is 7.99. The van der Waals surface area contributed by atoms with Crippen LogP contribution in [0.3, 0.4) is 0 Å². The molecule has 0 bridgehead atoms. The normalized spacial score (nSPS) is 11.2. The number of halogens is 1. The molecule has 0 radical (unpaired) electrons. The van der Waals surface area contributed by atoms with Gasteiger partial charge in [-0.2, -0.15) is 5.10 Å². The van der Waals surface area contributed by atoms with Gasteiger partial charge in [-0.15, -0.1) is 0 Å². The van der Waals surface area contributed by atoms with Crippen LogP contribution in [-0.4, -0.2) is 27.8 Å². The number of benzene rings is 2. The summed E-state index contributed by atoms with van der Waals surface area (Å²) in [5.41, 5.74) is 5.05. The van der Waals surface area contributed by atoms with Crippen molar-refractivity contribution in [1.82, 2.24) is 15.4 Å². The minimum atomic E-state index is -0.209. The van der Waals surface area contributed by atoms with Gasteiger partial charge in [-0.3, -0.25) is 4.79 Å². The molecule has 116 valence electrons. The molecule has 3 aromatic rings. The topological polar surface area (TPSA) is 70.1 Å². The Hall–Kier alpha value is -2.31. The van der Waals surface area contributed by atoms with E-state index in [0.29, 0.717) is 10.2 Å². The van der Waals surface area contributed by atoms with Crippen LogP contribution in [-0.2, 0) is 4.79 Å². The standard InChI is InChI=1S/C16H13ClN4OS/c17-12-6-2-1-5-11(12)9-18-21-15(22)10-23-16-19-13-7-3-4-8-14(13)20-16/h1-9H,10H2,(H,19,20)(H,21,22)/b18-9-. The molecule has 0 spiro atoms. The third-order valence-electron chi connectivity index (χ3n) is 3.01. The van der Waals surface area contributed by atoms with Gasteiger partial charge in [-0.05, 0) is 18.2 Å². The molecule has 23 heavy (non-hydrogen) atoms. The summed E-state index contributed by atoms with van der Waals surface area (Å²) < 4.78 is 0. The van der Waals surface area contributed by atoms with E-state index in [0.717, 1.165) is 16.6 Å². The van der Waals surface area contributed by atoms with E-state index in [1.54, 1.807) is 6.07 Å². The molecular weight excluding hydrogens is 332 g/mol. The van der Waals surface area contributed by atoms with Crippen LogP contribution in [0.4, 0.5) is 0 Å². The zero-order valence-corrected chi connectivity index (χ0v) is 13.6. The Morgan fingerprint density at radius 1 is 1.26 bits per heavy atom. The number of para-hydroxylation sites is 2. The largest absolute Gasteiger partial charge is 0.333 e. The second kappa shape index (κ2) is 7.30. The number of nitrogens with zero attached hydrogens (tertiary/aromatic N) is 2. The van der Waals surface area contributed by atoms with Crippen molar-refractivity contribution in [2.45, 2.75) is 5.16 Å². The summed E-state index contributed by atoms with van der Waals surface area (Å²) in [6.07, 6.45) is 1.52. The fourth-order valence-electron chi connectivity index (χ4n) is 1.92. The number of fused-ring (bicyclic) bond motifs is 1. The van der Waals surface area contributed by atoms with E-state index >= 15 is 0 Å². The number of H-pyrrole nitrogens is 1. The molecule has 0 aliphatic heterocycles. The average Bonchev–Trinajstić information content (AvgIpc) is 2.98. The van der Waals surface area contributed by atoms with Gasteiger partial charge in [0.15, 0.2) is 5.16 Å². The van der Waals surface area contributed by atoms with Crippen LogP contribution in [0.25, 0.3) is 11.0 Å². The summed E-state index contributed by atoms with van der Waals surface area (Å²) in [6.45, 7) is 0. The number of imidazole rings is 1. The van der Waals surface area contributed by atoms with Crippen molar-refractivity contribution in [3.8, 4) is 0 Å². The second-order valence-corrected chi connectivity index (χ2v) is 6.03. The number of aromatic amines is 1. The number of hydrazone groups is 1. The zero-order chi connectivity index (χ0) is 16.1. The summed E-state index contributed by atoms with van der Waals surface area (Å²) in [5, 5.41) is 5.19. The number of hydrogen-bond acceptors (Lipinski definition) is 4. The van der Waals surface area contributed by atoms with E-state index in [-0.39, 0.29) is 11.7 Å². The van der Waals surface area contributed by atoms with Crippen LogP contribution in [0.15, 0.2) is 58.8 Å². The first-order valence-electron chi connectivity index (χ1n) is 6.86. The van der Waals surface area contributed by atoms with Gasteiger partial charge >= 0.3 is 0 Å². The maximum atomic E-state index is 11.8. The molecule has 2 N–H and O–H groups in total. The summed E-state index contributed by atoms with van der Waals surface area (Å²) in [5.74, 6) is 0.0124. The van der Waals surface area contributed by atoms with Gasteiger partial charge in [-0.25, -0.2) is 10.4 Å². The van der Waals surface area contributed by atoms with Crippen molar-refractivity contribution in [3.63, 3.8) is 0 Å². The van der Waals surface area contributed by atoms with Crippen molar-refractivity contribution >= 4 is 46.5 Å². The molecule has 1 aromatic heterocycles. The SMILES string of the molecule is O=C(CSc1nc2ccccc2[nH]1)N/N=C\c1ccccc1Cl. The van der Waals surface area contributed by atoms with Crippen LogP contribution in [0.1, 0.15) is 5.56 Å². The van der Waals surface area contributed by atoms with Crippen LogP contribution in [0.5, 0.6) is 0 Å². The summed E-state index contributed by atoms with van der Waals surface area (Å²) in [7, 11) is 0. The van der Waals surface area contributed by atoms with Crippen molar-refractivity contribution in [2.24, 2.45) is 5.10 Å². The molecule has 7 heteroatoms. The van der Waals surface area contributed by atoms with Crippen LogP contribution in [0.2, 0.25) is 5.02 Å². The van der Waals surface area contributed by atoms with Gasteiger partial charge in [-0.1, -0.05) is 53.7 Å². The van der Waals surface area contributed by atoms with Gasteiger partial charge in [0.05, 0.1) is 23.0 Å². The quantitative estimate of drug-likeness (QED) is 0.423. The highest BCUT2D eigenvalue weighted by atomic mass is 35.5. The van der Waals surface area contributed by atoms with Crippen molar-refractivity contribution in [3.05, 3.63) is 59.1 Å². The lowest BCUT2D eigenvalue weighted by molar-refractivity contribution is -0.118. The van der Waals surface area contributed by atoms with E-state index in [2.05, 4.69) is 20.5 Å². The lowest BCUT2D eigenvalue weighted by Crippen LogP contribution is -2.19. The van der Waals surface area contributed by atoms with E-state index in [4.69, 9.17) is 11.6 Å². The maximum Gasteiger partial charge on any atom is 0.250 e. The highest BCUT2D eigenvalue weighted by Gasteiger charge is 2.06. The third kappa shape index (κ3) is 4.12. The highest BCUT2D eigenvalue weighted by Crippen LogP contribution is 2.18. The number of nitrogens with one attached hydrogen (secondary N) is 2.